The van der Waals surface area contributed by atoms with E-state index < -0.39 is 12.1 Å². The molecule has 1 amide bonds. The fraction of sp³-hybridized carbons (Fsp3) is 0.348. The molecule has 2 aromatic carbocycles. The van der Waals surface area contributed by atoms with Gasteiger partial charge >= 0.3 is 0 Å². The molecule has 0 radical (unpaired) electrons. The maximum atomic E-state index is 12.4. The van der Waals surface area contributed by atoms with Crippen molar-refractivity contribution in [3.05, 3.63) is 53.7 Å². The third-order valence-electron chi connectivity index (χ3n) is 5.29. The minimum Gasteiger partial charge on any atom is -0.367 e. The number of nitrogens with one attached hydrogen (secondary N) is 2. The van der Waals surface area contributed by atoms with Crippen molar-refractivity contribution >= 4 is 16.9 Å². The van der Waals surface area contributed by atoms with Crippen LogP contribution >= 0.6 is 0 Å². The van der Waals surface area contributed by atoms with Crippen molar-refractivity contribution in [2.45, 2.75) is 31.9 Å². The first kappa shape index (κ1) is 20.1. The lowest BCUT2D eigenvalue weighted by atomic mass is 9.99. The number of nitriles is 1. The molecule has 7 heteroatoms. The van der Waals surface area contributed by atoms with Gasteiger partial charge in [0.05, 0.1) is 11.8 Å². The predicted molar refractivity (Wildman–Crippen MR) is 113 cm³/mol. The number of ether oxygens (including phenoxy) is 1. The zero-order chi connectivity index (χ0) is 20.9. The van der Waals surface area contributed by atoms with E-state index in [-0.39, 0.29) is 5.91 Å². The van der Waals surface area contributed by atoms with Gasteiger partial charge in [-0.15, -0.1) is 0 Å². The fourth-order valence-corrected chi connectivity index (χ4v) is 3.58. The van der Waals surface area contributed by atoms with Crippen molar-refractivity contribution < 1.29 is 14.1 Å². The first-order valence-corrected chi connectivity index (χ1v) is 10.1. The summed E-state index contributed by atoms with van der Waals surface area (Å²) in [4.78, 5) is 12.4. The van der Waals surface area contributed by atoms with E-state index in [0.717, 1.165) is 46.3 Å². The van der Waals surface area contributed by atoms with Gasteiger partial charge in [0.1, 0.15) is 12.1 Å². The van der Waals surface area contributed by atoms with Gasteiger partial charge in [-0.05, 0) is 48.7 Å². The molecule has 30 heavy (non-hydrogen) atoms. The Morgan fingerprint density at radius 3 is 2.90 bits per heavy atom. The van der Waals surface area contributed by atoms with E-state index in [1.165, 1.54) is 0 Å². The summed E-state index contributed by atoms with van der Waals surface area (Å²) in [7, 11) is 0. The molecule has 0 aliphatic carbocycles. The van der Waals surface area contributed by atoms with Crippen molar-refractivity contribution in [3.63, 3.8) is 0 Å². The second-order valence-electron chi connectivity index (χ2n) is 7.49. The van der Waals surface area contributed by atoms with Gasteiger partial charge in [0.15, 0.2) is 5.58 Å². The summed E-state index contributed by atoms with van der Waals surface area (Å²) in [6.45, 7) is 3.77. The molecule has 0 saturated carbocycles. The van der Waals surface area contributed by atoms with E-state index >= 15 is 0 Å². The van der Waals surface area contributed by atoms with E-state index in [0.29, 0.717) is 19.6 Å². The zero-order valence-electron chi connectivity index (χ0n) is 16.9. The minimum absolute atomic E-state index is 0.245. The largest absolute Gasteiger partial charge is 0.367 e. The minimum atomic E-state index is -0.605. The fourth-order valence-electron chi connectivity index (χ4n) is 3.58. The molecule has 0 bridgehead atoms. The zero-order valence-corrected chi connectivity index (χ0v) is 16.9. The summed E-state index contributed by atoms with van der Waals surface area (Å²) in [5.41, 5.74) is 4.75. The van der Waals surface area contributed by atoms with Gasteiger partial charge in [-0.3, -0.25) is 4.79 Å². The molecule has 154 valence electrons. The highest BCUT2D eigenvalue weighted by Gasteiger charge is 2.23. The quantitative estimate of drug-likeness (QED) is 0.678. The number of rotatable bonds is 5. The van der Waals surface area contributed by atoms with Crippen LogP contribution in [0.4, 0.5) is 0 Å². The molecule has 2 atom stereocenters. The molecule has 7 nitrogen and oxygen atoms in total. The smallest absolute Gasteiger partial charge is 0.251 e. The number of hydrogen-bond donors (Lipinski definition) is 2. The van der Waals surface area contributed by atoms with Crippen LogP contribution < -0.4 is 10.6 Å². The highest BCUT2D eigenvalue weighted by atomic mass is 16.5. The van der Waals surface area contributed by atoms with Crippen LogP contribution in [0.5, 0.6) is 0 Å². The first-order valence-electron chi connectivity index (χ1n) is 10.1. The SMILES string of the molecule is Cc1noc2ccc(-c3ccc(CC(C#N)NC(=O)[C@@H]4CNCCCO4)cc3)cc12. The van der Waals surface area contributed by atoms with Crippen molar-refractivity contribution in [1.29, 1.82) is 5.26 Å². The number of benzene rings is 2. The second kappa shape index (κ2) is 9.08. The van der Waals surface area contributed by atoms with Crippen LogP contribution in [0.15, 0.2) is 47.0 Å². The average Bonchev–Trinajstić information content (AvgIpc) is 2.96. The maximum Gasteiger partial charge on any atom is 0.251 e. The van der Waals surface area contributed by atoms with E-state index in [2.05, 4.69) is 27.9 Å². The molecule has 2 N–H and O–H groups in total. The highest BCUT2D eigenvalue weighted by Crippen LogP contribution is 2.26. The van der Waals surface area contributed by atoms with Crippen molar-refractivity contribution in [3.8, 4) is 17.2 Å². The van der Waals surface area contributed by atoms with Crippen LogP contribution in [0, 0.1) is 18.3 Å². The Balaban J connectivity index is 1.41. The molecule has 2 heterocycles. The third kappa shape index (κ3) is 4.51. The Morgan fingerprint density at radius 2 is 2.10 bits per heavy atom. The summed E-state index contributed by atoms with van der Waals surface area (Å²) in [5, 5.41) is 20.5. The number of amides is 1. The van der Waals surface area contributed by atoms with E-state index in [4.69, 9.17) is 9.26 Å². The van der Waals surface area contributed by atoms with Crippen molar-refractivity contribution in [2.24, 2.45) is 0 Å². The monoisotopic (exact) mass is 404 g/mol. The van der Waals surface area contributed by atoms with Gasteiger partial charge in [0.25, 0.3) is 5.91 Å². The third-order valence-corrected chi connectivity index (χ3v) is 5.29. The number of hydrogen-bond acceptors (Lipinski definition) is 6. The molecule has 1 unspecified atom stereocenters. The van der Waals surface area contributed by atoms with Crippen molar-refractivity contribution in [2.75, 3.05) is 19.7 Å². The van der Waals surface area contributed by atoms with Gasteiger partial charge in [0, 0.05) is 25.0 Å². The van der Waals surface area contributed by atoms with E-state index in [9.17, 15) is 10.1 Å². The molecule has 1 fully saturated rings. The summed E-state index contributed by atoms with van der Waals surface area (Å²) < 4.78 is 10.8. The molecule has 3 aromatic rings. The predicted octanol–water partition coefficient (Wildman–Crippen LogP) is 2.73. The molecular weight excluding hydrogens is 380 g/mol. The Labute approximate surface area is 175 Å². The summed E-state index contributed by atoms with van der Waals surface area (Å²) >= 11 is 0. The molecule has 0 spiro atoms. The highest BCUT2D eigenvalue weighted by molar-refractivity contribution is 5.85. The number of nitrogens with zero attached hydrogens (tertiary/aromatic N) is 2. The first-order chi connectivity index (χ1) is 14.6. The average molecular weight is 404 g/mol. The van der Waals surface area contributed by atoms with Crippen molar-refractivity contribution in [1.82, 2.24) is 15.8 Å². The van der Waals surface area contributed by atoms with Gasteiger partial charge in [0.2, 0.25) is 0 Å². The lowest BCUT2D eigenvalue weighted by Crippen LogP contribution is -2.46. The van der Waals surface area contributed by atoms with Gasteiger partial charge in [-0.2, -0.15) is 5.26 Å². The number of fused-ring (bicyclic) bond motifs is 1. The number of carbonyl (C=O) groups is 1. The van der Waals surface area contributed by atoms with Gasteiger partial charge in [-0.25, -0.2) is 0 Å². The van der Waals surface area contributed by atoms with Crippen LogP contribution in [-0.2, 0) is 16.0 Å². The Hall–Kier alpha value is -3.21. The lowest BCUT2D eigenvalue weighted by Gasteiger charge is -2.18. The molecule has 1 aromatic heterocycles. The Kier molecular flexibility index (Phi) is 6.07. The van der Waals surface area contributed by atoms with Gasteiger partial charge < -0.3 is 19.9 Å². The molecule has 1 aliphatic rings. The number of carbonyl (C=O) groups excluding carboxylic acids is 1. The van der Waals surface area contributed by atoms with Crippen LogP contribution in [0.25, 0.3) is 22.1 Å². The molecular formula is C23H24N4O3. The number of aryl methyl sites for hydroxylation is 1. The molecule has 1 aliphatic heterocycles. The maximum absolute atomic E-state index is 12.4. The Bertz CT molecular complexity index is 1060. The van der Waals surface area contributed by atoms with E-state index in [1.807, 2.05) is 43.3 Å². The van der Waals surface area contributed by atoms with Crippen LogP contribution in [0.2, 0.25) is 0 Å². The lowest BCUT2D eigenvalue weighted by molar-refractivity contribution is -0.132. The number of aromatic nitrogens is 1. The van der Waals surface area contributed by atoms with Crippen LogP contribution in [0.1, 0.15) is 17.7 Å². The topological polar surface area (TPSA) is 100 Å². The summed E-state index contributed by atoms with van der Waals surface area (Å²) in [5.74, 6) is -0.245. The van der Waals surface area contributed by atoms with Crippen LogP contribution in [-0.4, -0.2) is 42.9 Å². The van der Waals surface area contributed by atoms with Gasteiger partial charge in [-0.1, -0.05) is 35.5 Å². The summed E-state index contributed by atoms with van der Waals surface area (Å²) in [6, 6.07) is 15.6. The Morgan fingerprint density at radius 1 is 1.30 bits per heavy atom. The summed E-state index contributed by atoms with van der Waals surface area (Å²) in [6.07, 6.45) is 0.759. The standard InChI is InChI=1S/C23H24N4O3/c1-15-20-12-18(7-8-21(20)30-27-15)17-5-3-16(4-6-17)11-19(13-24)26-23(28)22-14-25-9-2-10-29-22/h3-8,12,19,22,25H,2,9-11,14H2,1H3,(H,26,28)/t19?,22-/m0/s1. The van der Waals surface area contributed by atoms with Crippen LogP contribution in [0.3, 0.4) is 0 Å². The second-order valence-corrected chi connectivity index (χ2v) is 7.49. The molecule has 1 saturated heterocycles. The normalized spacial score (nSPS) is 17.8. The molecule has 4 rings (SSSR count). The van der Waals surface area contributed by atoms with E-state index in [1.54, 1.807) is 0 Å².